The molecular formula is C10H12N4O3S. The molecule has 8 heteroatoms. The third-order valence-electron chi connectivity index (χ3n) is 2.26. The van der Waals surface area contributed by atoms with Crippen molar-refractivity contribution in [3.63, 3.8) is 0 Å². The Kier molecular flexibility index (Phi) is 3.88. The van der Waals surface area contributed by atoms with Gasteiger partial charge in [0.25, 0.3) is 0 Å². The molecule has 0 saturated heterocycles. The van der Waals surface area contributed by atoms with Gasteiger partial charge in [0.05, 0.1) is 0 Å². The summed E-state index contributed by atoms with van der Waals surface area (Å²) in [6.45, 7) is 1.93. The van der Waals surface area contributed by atoms with Gasteiger partial charge < -0.3 is 14.9 Å². The van der Waals surface area contributed by atoms with E-state index in [-0.39, 0.29) is 0 Å². The summed E-state index contributed by atoms with van der Waals surface area (Å²) in [5, 5.41) is 24.5. The minimum atomic E-state index is -0.893. The lowest BCUT2D eigenvalue weighted by molar-refractivity contribution is -0.138. The van der Waals surface area contributed by atoms with Crippen LogP contribution in [0.2, 0.25) is 0 Å². The first-order valence-corrected chi connectivity index (χ1v) is 6.26. The summed E-state index contributed by atoms with van der Waals surface area (Å²) in [5.41, 5.74) is 0.586. The standard InChI is InChI=1S/C10H12N4O3S/c1-2-3-7(9(15)16)11-10-13-12-8(18-10)6-4-5-17-14-6/h4-5,7H,2-3H2,1H3,(H,11,13)(H,15,16). The highest BCUT2D eigenvalue weighted by atomic mass is 32.1. The van der Waals surface area contributed by atoms with E-state index in [4.69, 9.17) is 9.63 Å². The van der Waals surface area contributed by atoms with Gasteiger partial charge in [0.2, 0.25) is 5.13 Å². The smallest absolute Gasteiger partial charge is 0.326 e. The molecule has 1 atom stereocenters. The first-order valence-electron chi connectivity index (χ1n) is 5.44. The van der Waals surface area contributed by atoms with E-state index < -0.39 is 12.0 Å². The Morgan fingerprint density at radius 3 is 3.06 bits per heavy atom. The van der Waals surface area contributed by atoms with Crippen LogP contribution in [0.25, 0.3) is 10.7 Å². The molecule has 0 aliphatic heterocycles. The van der Waals surface area contributed by atoms with E-state index in [0.29, 0.717) is 22.3 Å². The molecule has 7 nitrogen and oxygen atoms in total. The summed E-state index contributed by atoms with van der Waals surface area (Å²) in [4.78, 5) is 11.0. The predicted molar refractivity (Wildman–Crippen MR) is 65.4 cm³/mol. The molecule has 0 aromatic carbocycles. The average molecular weight is 268 g/mol. The zero-order chi connectivity index (χ0) is 13.0. The summed E-state index contributed by atoms with van der Waals surface area (Å²) in [6, 6.07) is 1.03. The van der Waals surface area contributed by atoms with Gasteiger partial charge in [-0.1, -0.05) is 29.8 Å². The molecule has 2 heterocycles. The van der Waals surface area contributed by atoms with Crippen molar-refractivity contribution >= 4 is 22.4 Å². The number of aliphatic carboxylic acids is 1. The number of rotatable bonds is 6. The van der Waals surface area contributed by atoms with E-state index in [1.165, 1.54) is 17.6 Å². The maximum atomic E-state index is 11.0. The molecule has 0 fully saturated rings. The SMILES string of the molecule is CCCC(Nc1nnc(-c2ccon2)s1)C(=O)O. The van der Waals surface area contributed by atoms with Gasteiger partial charge in [0, 0.05) is 6.07 Å². The Morgan fingerprint density at radius 1 is 1.61 bits per heavy atom. The van der Waals surface area contributed by atoms with Crippen molar-refractivity contribution in [3.05, 3.63) is 12.3 Å². The molecule has 0 spiro atoms. The minimum Gasteiger partial charge on any atom is -0.480 e. The summed E-state index contributed by atoms with van der Waals surface area (Å²) in [5.74, 6) is -0.893. The van der Waals surface area contributed by atoms with Crippen LogP contribution in [0.3, 0.4) is 0 Å². The Balaban J connectivity index is 2.08. The van der Waals surface area contributed by atoms with Crippen molar-refractivity contribution in [3.8, 4) is 10.7 Å². The molecule has 0 radical (unpaired) electrons. The Hall–Kier alpha value is -1.96. The third-order valence-corrected chi connectivity index (χ3v) is 3.13. The monoisotopic (exact) mass is 268 g/mol. The third kappa shape index (κ3) is 2.83. The van der Waals surface area contributed by atoms with Gasteiger partial charge in [-0.3, -0.25) is 0 Å². The topological polar surface area (TPSA) is 101 Å². The summed E-state index contributed by atoms with van der Waals surface area (Å²) < 4.78 is 4.71. The number of nitrogens with zero attached hydrogens (tertiary/aromatic N) is 3. The van der Waals surface area contributed by atoms with Gasteiger partial charge in [-0.25, -0.2) is 4.79 Å². The first-order chi connectivity index (χ1) is 8.70. The van der Waals surface area contributed by atoms with Crippen LogP contribution in [-0.4, -0.2) is 32.5 Å². The van der Waals surface area contributed by atoms with E-state index in [9.17, 15) is 4.79 Å². The van der Waals surface area contributed by atoms with E-state index in [1.54, 1.807) is 6.07 Å². The highest BCUT2D eigenvalue weighted by molar-refractivity contribution is 7.18. The number of aromatic nitrogens is 3. The van der Waals surface area contributed by atoms with Gasteiger partial charge in [0.15, 0.2) is 5.01 Å². The van der Waals surface area contributed by atoms with Crippen molar-refractivity contribution < 1.29 is 14.4 Å². The number of anilines is 1. The maximum Gasteiger partial charge on any atom is 0.326 e. The lowest BCUT2D eigenvalue weighted by atomic mass is 10.2. The quantitative estimate of drug-likeness (QED) is 0.824. The molecule has 1 unspecified atom stereocenters. The molecule has 2 aromatic heterocycles. The fourth-order valence-electron chi connectivity index (χ4n) is 1.40. The van der Waals surface area contributed by atoms with Gasteiger partial charge in [-0.05, 0) is 6.42 Å². The van der Waals surface area contributed by atoms with Crippen molar-refractivity contribution in [1.29, 1.82) is 0 Å². The summed E-state index contributed by atoms with van der Waals surface area (Å²) >= 11 is 1.24. The predicted octanol–water partition coefficient (Wildman–Crippen LogP) is 1.86. The molecule has 2 N–H and O–H groups in total. The number of carboxylic acid groups (broad SMARTS) is 1. The molecule has 2 rings (SSSR count). The zero-order valence-corrected chi connectivity index (χ0v) is 10.5. The maximum absolute atomic E-state index is 11.0. The molecular weight excluding hydrogens is 256 g/mol. The molecule has 0 amide bonds. The van der Waals surface area contributed by atoms with Gasteiger partial charge in [-0.2, -0.15) is 0 Å². The second-order valence-corrected chi connectivity index (χ2v) is 4.60. The lowest BCUT2D eigenvalue weighted by Gasteiger charge is -2.11. The fraction of sp³-hybridized carbons (Fsp3) is 0.400. The van der Waals surface area contributed by atoms with Crippen LogP contribution in [0.1, 0.15) is 19.8 Å². The molecule has 0 aliphatic rings. The van der Waals surface area contributed by atoms with Crippen molar-refractivity contribution in [2.75, 3.05) is 5.32 Å². The van der Waals surface area contributed by atoms with Crippen LogP contribution >= 0.6 is 11.3 Å². The normalized spacial score (nSPS) is 12.3. The molecule has 0 bridgehead atoms. The number of hydrogen-bond acceptors (Lipinski definition) is 7. The second-order valence-electron chi connectivity index (χ2n) is 3.62. The van der Waals surface area contributed by atoms with E-state index in [1.807, 2.05) is 6.92 Å². The highest BCUT2D eigenvalue weighted by Gasteiger charge is 2.18. The Bertz CT molecular complexity index is 511. The molecule has 18 heavy (non-hydrogen) atoms. The van der Waals surface area contributed by atoms with E-state index in [2.05, 4.69) is 20.7 Å². The summed E-state index contributed by atoms with van der Waals surface area (Å²) in [6.07, 6.45) is 2.76. The van der Waals surface area contributed by atoms with Crippen molar-refractivity contribution in [1.82, 2.24) is 15.4 Å². The molecule has 0 saturated carbocycles. The number of carbonyl (C=O) groups is 1. The number of hydrogen-bond donors (Lipinski definition) is 2. The van der Waals surface area contributed by atoms with Crippen molar-refractivity contribution in [2.24, 2.45) is 0 Å². The van der Waals surface area contributed by atoms with Crippen LogP contribution in [0.5, 0.6) is 0 Å². The molecule has 2 aromatic rings. The van der Waals surface area contributed by atoms with Crippen LogP contribution in [0, 0.1) is 0 Å². The summed E-state index contributed by atoms with van der Waals surface area (Å²) in [7, 11) is 0. The Morgan fingerprint density at radius 2 is 2.44 bits per heavy atom. The average Bonchev–Trinajstić information content (AvgIpc) is 2.98. The van der Waals surface area contributed by atoms with Crippen LogP contribution in [-0.2, 0) is 4.79 Å². The molecule has 0 aliphatic carbocycles. The minimum absolute atomic E-state index is 0.467. The van der Waals surface area contributed by atoms with Gasteiger partial charge in [0.1, 0.15) is 18.0 Å². The second kappa shape index (κ2) is 5.58. The van der Waals surface area contributed by atoms with E-state index >= 15 is 0 Å². The Labute approximate surface area is 107 Å². The van der Waals surface area contributed by atoms with Gasteiger partial charge >= 0.3 is 5.97 Å². The molecule has 96 valence electrons. The number of carboxylic acids is 1. The van der Waals surface area contributed by atoms with E-state index in [0.717, 1.165) is 6.42 Å². The first kappa shape index (κ1) is 12.5. The zero-order valence-electron chi connectivity index (χ0n) is 9.66. The van der Waals surface area contributed by atoms with Crippen molar-refractivity contribution in [2.45, 2.75) is 25.8 Å². The largest absolute Gasteiger partial charge is 0.480 e. The van der Waals surface area contributed by atoms with Crippen LogP contribution < -0.4 is 5.32 Å². The number of nitrogens with one attached hydrogen (secondary N) is 1. The van der Waals surface area contributed by atoms with Crippen LogP contribution in [0.4, 0.5) is 5.13 Å². The van der Waals surface area contributed by atoms with Crippen LogP contribution in [0.15, 0.2) is 16.9 Å². The van der Waals surface area contributed by atoms with Gasteiger partial charge in [-0.15, -0.1) is 10.2 Å². The fourth-order valence-corrected chi connectivity index (χ4v) is 2.16. The lowest BCUT2D eigenvalue weighted by Crippen LogP contribution is -2.28. The highest BCUT2D eigenvalue weighted by Crippen LogP contribution is 2.25.